The van der Waals surface area contributed by atoms with Gasteiger partial charge < -0.3 is 15.7 Å². The van der Waals surface area contributed by atoms with Gasteiger partial charge in [0.15, 0.2) is 0 Å². The largest absolute Gasteiger partial charge is 0.396 e. The fraction of sp³-hybridized carbons (Fsp3) is 0.571. The normalized spacial score (nSPS) is 13.7. The van der Waals surface area contributed by atoms with Crippen molar-refractivity contribution in [2.45, 2.75) is 39.2 Å². The summed E-state index contributed by atoms with van der Waals surface area (Å²) in [5, 5.41) is 15.2. The van der Waals surface area contributed by atoms with Crippen molar-refractivity contribution in [2.75, 3.05) is 18.5 Å². The lowest BCUT2D eigenvalue weighted by Gasteiger charge is -2.30. The van der Waals surface area contributed by atoms with E-state index in [1.807, 2.05) is 13.0 Å². The van der Waals surface area contributed by atoms with Gasteiger partial charge >= 0.3 is 0 Å². The van der Waals surface area contributed by atoms with Gasteiger partial charge in [-0.1, -0.05) is 6.92 Å². The summed E-state index contributed by atoms with van der Waals surface area (Å²) in [7, 11) is 0. The standard InChI is InChI=1S/C14H23N3O2/c1-4-14(3,7-9-18)17-11-6-8-16-12(10-11)13(19)15-5-2/h6,8,10,18H,4-5,7,9H2,1-3H3,(H,15,19)(H,16,17). The number of carbonyl (C=O) groups excluding carboxylic acids is 1. The third kappa shape index (κ3) is 4.52. The minimum absolute atomic E-state index is 0.131. The molecule has 0 saturated heterocycles. The number of hydrogen-bond donors (Lipinski definition) is 3. The molecule has 0 aliphatic carbocycles. The Balaban J connectivity index is 2.84. The first kappa shape index (κ1) is 15.4. The van der Waals surface area contributed by atoms with Gasteiger partial charge in [-0.15, -0.1) is 0 Å². The molecule has 0 aliphatic rings. The molecule has 0 fully saturated rings. The number of carbonyl (C=O) groups is 1. The summed E-state index contributed by atoms with van der Waals surface area (Å²) >= 11 is 0. The molecule has 1 unspecified atom stereocenters. The van der Waals surface area contributed by atoms with Crippen molar-refractivity contribution in [1.29, 1.82) is 0 Å². The Hall–Kier alpha value is -1.62. The molecule has 1 amide bonds. The number of nitrogens with one attached hydrogen (secondary N) is 2. The molecule has 19 heavy (non-hydrogen) atoms. The van der Waals surface area contributed by atoms with Crippen LogP contribution in [-0.4, -0.2) is 34.7 Å². The minimum Gasteiger partial charge on any atom is -0.396 e. The number of hydrogen-bond acceptors (Lipinski definition) is 4. The third-order valence-corrected chi connectivity index (χ3v) is 3.22. The van der Waals surface area contributed by atoms with Crippen molar-refractivity contribution >= 4 is 11.6 Å². The molecule has 1 atom stereocenters. The predicted octanol–water partition coefficient (Wildman–Crippen LogP) is 1.79. The van der Waals surface area contributed by atoms with E-state index >= 15 is 0 Å². The first-order chi connectivity index (χ1) is 9.04. The zero-order chi connectivity index (χ0) is 14.3. The number of rotatable bonds is 7. The van der Waals surface area contributed by atoms with E-state index in [4.69, 9.17) is 5.11 Å². The summed E-state index contributed by atoms with van der Waals surface area (Å²) in [6, 6.07) is 3.56. The van der Waals surface area contributed by atoms with E-state index in [0.717, 1.165) is 12.1 Å². The van der Waals surface area contributed by atoms with Crippen LogP contribution in [0, 0.1) is 0 Å². The molecule has 0 aromatic carbocycles. The third-order valence-electron chi connectivity index (χ3n) is 3.22. The molecule has 3 N–H and O–H groups in total. The van der Waals surface area contributed by atoms with Gasteiger partial charge in [-0.05, 0) is 38.8 Å². The highest BCUT2D eigenvalue weighted by atomic mass is 16.3. The Morgan fingerprint density at radius 2 is 2.21 bits per heavy atom. The van der Waals surface area contributed by atoms with Crippen LogP contribution in [0.1, 0.15) is 44.1 Å². The van der Waals surface area contributed by atoms with Crippen molar-refractivity contribution in [3.8, 4) is 0 Å². The van der Waals surface area contributed by atoms with Crippen molar-refractivity contribution in [3.63, 3.8) is 0 Å². The molecule has 1 heterocycles. The van der Waals surface area contributed by atoms with Gasteiger partial charge in [-0.2, -0.15) is 0 Å². The Bertz CT molecular complexity index is 423. The van der Waals surface area contributed by atoms with Crippen molar-refractivity contribution in [2.24, 2.45) is 0 Å². The summed E-state index contributed by atoms with van der Waals surface area (Å²) in [5.41, 5.74) is 1.05. The quantitative estimate of drug-likeness (QED) is 0.702. The van der Waals surface area contributed by atoms with Gasteiger partial charge in [0.05, 0.1) is 0 Å². The Labute approximate surface area is 114 Å². The van der Waals surface area contributed by atoms with E-state index in [0.29, 0.717) is 18.7 Å². The zero-order valence-electron chi connectivity index (χ0n) is 11.9. The van der Waals surface area contributed by atoms with Crippen LogP contribution in [0.3, 0.4) is 0 Å². The number of nitrogens with zero attached hydrogens (tertiary/aromatic N) is 1. The van der Waals surface area contributed by atoms with Crippen LogP contribution >= 0.6 is 0 Å². The maximum atomic E-state index is 11.7. The smallest absolute Gasteiger partial charge is 0.269 e. The Morgan fingerprint density at radius 3 is 2.79 bits per heavy atom. The fourth-order valence-corrected chi connectivity index (χ4v) is 1.81. The number of amides is 1. The lowest BCUT2D eigenvalue weighted by atomic mass is 9.94. The number of aromatic nitrogens is 1. The number of aliphatic hydroxyl groups is 1. The maximum Gasteiger partial charge on any atom is 0.269 e. The monoisotopic (exact) mass is 265 g/mol. The van der Waals surface area contributed by atoms with Gasteiger partial charge in [0.1, 0.15) is 5.69 Å². The van der Waals surface area contributed by atoms with Crippen molar-refractivity contribution in [1.82, 2.24) is 10.3 Å². The second kappa shape index (κ2) is 7.09. The van der Waals surface area contributed by atoms with E-state index in [1.165, 1.54) is 0 Å². The second-order valence-corrected chi connectivity index (χ2v) is 4.80. The molecule has 0 radical (unpaired) electrons. The molecule has 1 rings (SSSR count). The van der Waals surface area contributed by atoms with Gasteiger partial charge in [0, 0.05) is 30.6 Å². The average Bonchev–Trinajstić information content (AvgIpc) is 2.39. The van der Waals surface area contributed by atoms with E-state index < -0.39 is 0 Å². The molecule has 5 nitrogen and oxygen atoms in total. The number of aliphatic hydroxyl groups excluding tert-OH is 1. The highest BCUT2D eigenvalue weighted by Gasteiger charge is 2.21. The Morgan fingerprint density at radius 1 is 1.47 bits per heavy atom. The van der Waals surface area contributed by atoms with Crippen LogP contribution in [-0.2, 0) is 0 Å². The van der Waals surface area contributed by atoms with Gasteiger partial charge in [-0.3, -0.25) is 9.78 Å². The molecule has 0 aliphatic heterocycles. The lowest BCUT2D eigenvalue weighted by Crippen LogP contribution is -2.35. The molecule has 0 spiro atoms. The molecule has 1 aromatic rings. The molecule has 106 valence electrons. The second-order valence-electron chi connectivity index (χ2n) is 4.80. The van der Waals surface area contributed by atoms with Crippen LogP contribution in [0.15, 0.2) is 18.3 Å². The van der Waals surface area contributed by atoms with Gasteiger partial charge in [0.2, 0.25) is 0 Å². The Kier molecular flexibility index (Phi) is 5.76. The van der Waals surface area contributed by atoms with Crippen LogP contribution in [0.25, 0.3) is 0 Å². The zero-order valence-corrected chi connectivity index (χ0v) is 11.9. The molecular formula is C14H23N3O2. The SMILES string of the molecule is CCNC(=O)c1cc(NC(C)(CC)CCO)ccn1. The summed E-state index contributed by atoms with van der Waals surface area (Å²) in [5.74, 6) is -0.175. The van der Waals surface area contributed by atoms with Crippen molar-refractivity contribution in [3.05, 3.63) is 24.0 Å². The van der Waals surface area contributed by atoms with Crippen LogP contribution in [0.2, 0.25) is 0 Å². The van der Waals surface area contributed by atoms with Crippen molar-refractivity contribution < 1.29 is 9.90 Å². The predicted molar refractivity (Wildman–Crippen MR) is 76.3 cm³/mol. The summed E-state index contributed by atoms with van der Waals surface area (Å²) in [4.78, 5) is 15.8. The van der Waals surface area contributed by atoms with Crippen LogP contribution < -0.4 is 10.6 Å². The highest BCUT2D eigenvalue weighted by Crippen LogP contribution is 2.21. The lowest BCUT2D eigenvalue weighted by molar-refractivity contribution is 0.0951. The summed E-state index contributed by atoms with van der Waals surface area (Å²) in [6.45, 7) is 6.69. The number of pyridine rings is 1. The van der Waals surface area contributed by atoms with E-state index in [9.17, 15) is 4.79 Å². The van der Waals surface area contributed by atoms with Gasteiger partial charge in [0.25, 0.3) is 5.91 Å². The summed E-state index contributed by atoms with van der Waals surface area (Å²) in [6.07, 6.45) is 3.15. The van der Waals surface area contributed by atoms with E-state index in [1.54, 1.807) is 12.3 Å². The molecular weight excluding hydrogens is 242 g/mol. The summed E-state index contributed by atoms with van der Waals surface area (Å²) < 4.78 is 0. The van der Waals surface area contributed by atoms with E-state index in [2.05, 4.69) is 29.5 Å². The number of anilines is 1. The fourth-order valence-electron chi connectivity index (χ4n) is 1.81. The maximum absolute atomic E-state index is 11.7. The van der Waals surface area contributed by atoms with Crippen LogP contribution in [0.4, 0.5) is 5.69 Å². The topological polar surface area (TPSA) is 74.2 Å². The average molecular weight is 265 g/mol. The molecule has 0 saturated carbocycles. The molecule has 5 heteroatoms. The van der Waals surface area contributed by atoms with Gasteiger partial charge in [-0.25, -0.2) is 0 Å². The van der Waals surface area contributed by atoms with Crippen LogP contribution in [0.5, 0.6) is 0 Å². The highest BCUT2D eigenvalue weighted by molar-refractivity contribution is 5.93. The minimum atomic E-state index is -0.186. The first-order valence-electron chi connectivity index (χ1n) is 6.68. The molecule has 0 bridgehead atoms. The first-order valence-corrected chi connectivity index (χ1v) is 6.68. The van der Waals surface area contributed by atoms with E-state index in [-0.39, 0.29) is 18.1 Å². The molecule has 1 aromatic heterocycles.